The highest BCUT2D eigenvalue weighted by Crippen LogP contribution is 2.18. The number of para-hydroxylation sites is 1. The molecule has 0 aliphatic rings. The summed E-state index contributed by atoms with van der Waals surface area (Å²) in [5.41, 5.74) is 0.202. The fourth-order valence-electron chi connectivity index (χ4n) is 1.87. The SMILES string of the molecule is CCC(CCCCO)COC(=O)c1ccccc1O. The number of phenolic OH excluding ortho intramolecular Hbond substituents is 1. The second-order valence-electron chi connectivity index (χ2n) is 4.61. The number of benzene rings is 1. The van der Waals surface area contributed by atoms with Gasteiger partial charge in [-0.2, -0.15) is 0 Å². The zero-order chi connectivity index (χ0) is 14.1. The van der Waals surface area contributed by atoms with Crippen LogP contribution >= 0.6 is 0 Å². The molecule has 2 N–H and O–H groups in total. The first-order valence-corrected chi connectivity index (χ1v) is 6.75. The zero-order valence-corrected chi connectivity index (χ0v) is 11.3. The third kappa shape index (κ3) is 5.30. The Bertz CT molecular complexity index is 389. The summed E-state index contributed by atoms with van der Waals surface area (Å²) in [4.78, 5) is 11.8. The van der Waals surface area contributed by atoms with Gasteiger partial charge in [0, 0.05) is 6.61 Å². The van der Waals surface area contributed by atoms with Crippen LogP contribution < -0.4 is 0 Å². The molecule has 0 aliphatic carbocycles. The topological polar surface area (TPSA) is 66.8 Å². The van der Waals surface area contributed by atoms with Gasteiger partial charge in [0.1, 0.15) is 11.3 Å². The summed E-state index contributed by atoms with van der Waals surface area (Å²) >= 11 is 0. The monoisotopic (exact) mass is 266 g/mol. The number of carbonyl (C=O) groups is 1. The van der Waals surface area contributed by atoms with Crippen molar-refractivity contribution in [2.24, 2.45) is 5.92 Å². The van der Waals surface area contributed by atoms with Crippen molar-refractivity contribution in [3.63, 3.8) is 0 Å². The van der Waals surface area contributed by atoms with Gasteiger partial charge in [0.05, 0.1) is 6.61 Å². The van der Waals surface area contributed by atoms with Crippen LogP contribution in [0.15, 0.2) is 24.3 Å². The van der Waals surface area contributed by atoms with Crippen LogP contribution in [-0.2, 0) is 4.74 Å². The number of ether oxygens (including phenoxy) is 1. The summed E-state index contributed by atoms with van der Waals surface area (Å²) in [5.74, 6) is -0.235. The highest BCUT2D eigenvalue weighted by molar-refractivity contribution is 5.92. The Morgan fingerprint density at radius 3 is 2.68 bits per heavy atom. The van der Waals surface area contributed by atoms with E-state index in [4.69, 9.17) is 9.84 Å². The molecular weight excluding hydrogens is 244 g/mol. The number of esters is 1. The standard InChI is InChI=1S/C15H22O4/c1-2-12(7-5-6-10-16)11-19-15(18)13-8-3-4-9-14(13)17/h3-4,8-9,12,16-17H,2,5-7,10-11H2,1H3. The predicted octanol–water partition coefficient (Wildman–Crippen LogP) is 2.74. The van der Waals surface area contributed by atoms with E-state index in [1.54, 1.807) is 18.2 Å². The van der Waals surface area contributed by atoms with E-state index in [0.717, 1.165) is 25.7 Å². The summed E-state index contributed by atoms with van der Waals surface area (Å²) in [5, 5.41) is 18.3. The summed E-state index contributed by atoms with van der Waals surface area (Å²) in [6, 6.07) is 6.37. The molecule has 1 rings (SSSR count). The van der Waals surface area contributed by atoms with Gasteiger partial charge in [-0.1, -0.05) is 31.9 Å². The smallest absolute Gasteiger partial charge is 0.341 e. The van der Waals surface area contributed by atoms with E-state index >= 15 is 0 Å². The van der Waals surface area contributed by atoms with Crippen LogP contribution in [0.3, 0.4) is 0 Å². The molecule has 0 spiro atoms. The van der Waals surface area contributed by atoms with Crippen LogP contribution in [0.5, 0.6) is 5.75 Å². The largest absolute Gasteiger partial charge is 0.507 e. The maximum atomic E-state index is 11.8. The Morgan fingerprint density at radius 1 is 1.32 bits per heavy atom. The normalized spacial score (nSPS) is 12.1. The first kappa shape index (κ1) is 15.5. The van der Waals surface area contributed by atoms with Crippen LogP contribution in [0, 0.1) is 5.92 Å². The van der Waals surface area contributed by atoms with Crippen molar-refractivity contribution in [3.8, 4) is 5.75 Å². The van der Waals surface area contributed by atoms with Gasteiger partial charge in [-0.25, -0.2) is 4.79 Å². The number of aliphatic hydroxyl groups excluding tert-OH is 1. The molecule has 0 heterocycles. The Morgan fingerprint density at radius 2 is 2.05 bits per heavy atom. The number of unbranched alkanes of at least 4 members (excludes halogenated alkanes) is 1. The van der Waals surface area contributed by atoms with E-state index in [0.29, 0.717) is 12.5 Å². The lowest BCUT2D eigenvalue weighted by Crippen LogP contribution is -2.14. The third-order valence-corrected chi connectivity index (χ3v) is 3.17. The Labute approximate surface area is 114 Å². The van der Waals surface area contributed by atoms with Crippen LogP contribution in [0.1, 0.15) is 43.0 Å². The summed E-state index contributed by atoms with van der Waals surface area (Å²) < 4.78 is 5.23. The van der Waals surface area contributed by atoms with Crippen molar-refractivity contribution in [1.29, 1.82) is 0 Å². The number of carbonyl (C=O) groups excluding carboxylic acids is 1. The molecule has 0 radical (unpaired) electrons. The maximum Gasteiger partial charge on any atom is 0.341 e. The van der Waals surface area contributed by atoms with Crippen molar-refractivity contribution in [1.82, 2.24) is 0 Å². The lowest BCUT2D eigenvalue weighted by atomic mass is 10.0. The van der Waals surface area contributed by atoms with Gasteiger partial charge >= 0.3 is 5.97 Å². The van der Waals surface area contributed by atoms with Gasteiger partial charge in [0.2, 0.25) is 0 Å². The molecule has 0 aliphatic heterocycles. The van der Waals surface area contributed by atoms with Gasteiger partial charge in [-0.05, 0) is 30.9 Å². The molecule has 0 amide bonds. The van der Waals surface area contributed by atoms with Crippen LogP contribution in [0.2, 0.25) is 0 Å². The van der Waals surface area contributed by atoms with E-state index in [-0.39, 0.29) is 17.9 Å². The molecule has 1 unspecified atom stereocenters. The Hall–Kier alpha value is -1.55. The highest BCUT2D eigenvalue weighted by Gasteiger charge is 2.14. The van der Waals surface area contributed by atoms with Crippen LogP contribution in [-0.4, -0.2) is 29.4 Å². The molecule has 0 fully saturated rings. The molecule has 106 valence electrons. The van der Waals surface area contributed by atoms with Crippen molar-refractivity contribution >= 4 is 5.97 Å². The summed E-state index contributed by atoms with van der Waals surface area (Å²) in [7, 11) is 0. The number of hydrogen-bond donors (Lipinski definition) is 2. The molecule has 4 heteroatoms. The fourth-order valence-corrected chi connectivity index (χ4v) is 1.87. The molecular formula is C15H22O4. The lowest BCUT2D eigenvalue weighted by Gasteiger charge is -2.15. The number of hydrogen-bond acceptors (Lipinski definition) is 4. The predicted molar refractivity (Wildman–Crippen MR) is 73.1 cm³/mol. The van der Waals surface area contributed by atoms with E-state index in [9.17, 15) is 9.90 Å². The van der Waals surface area contributed by atoms with Gasteiger partial charge < -0.3 is 14.9 Å². The quantitative estimate of drug-likeness (QED) is 0.561. The van der Waals surface area contributed by atoms with Gasteiger partial charge in [0.25, 0.3) is 0 Å². The third-order valence-electron chi connectivity index (χ3n) is 3.17. The van der Waals surface area contributed by atoms with E-state index in [2.05, 4.69) is 6.92 Å². The van der Waals surface area contributed by atoms with Gasteiger partial charge in [-0.3, -0.25) is 0 Å². The average molecular weight is 266 g/mol. The minimum Gasteiger partial charge on any atom is -0.507 e. The first-order chi connectivity index (χ1) is 9.19. The first-order valence-electron chi connectivity index (χ1n) is 6.75. The lowest BCUT2D eigenvalue weighted by molar-refractivity contribution is 0.0423. The van der Waals surface area contributed by atoms with Crippen molar-refractivity contribution < 1.29 is 19.7 Å². The number of aliphatic hydroxyl groups is 1. The maximum absolute atomic E-state index is 11.8. The second kappa shape index (κ2) is 8.53. The number of phenols is 1. The fraction of sp³-hybridized carbons (Fsp3) is 0.533. The molecule has 1 aromatic carbocycles. The molecule has 0 bridgehead atoms. The molecule has 1 atom stereocenters. The van der Waals surface area contributed by atoms with E-state index in [1.165, 1.54) is 6.07 Å². The highest BCUT2D eigenvalue weighted by atomic mass is 16.5. The average Bonchev–Trinajstić information content (AvgIpc) is 2.43. The van der Waals surface area contributed by atoms with E-state index < -0.39 is 5.97 Å². The molecule has 19 heavy (non-hydrogen) atoms. The Kier molecular flexibility index (Phi) is 6.97. The van der Waals surface area contributed by atoms with Crippen molar-refractivity contribution in [3.05, 3.63) is 29.8 Å². The minimum atomic E-state index is -0.487. The molecule has 1 aromatic rings. The molecule has 0 aromatic heterocycles. The minimum absolute atomic E-state index is 0.0548. The van der Waals surface area contributed by atoms with Gasteiger partial charge in [-0.15, -0.1) is 0 Å². The number of aromatic hydroxyl groups is 1. The summed E-state index contributed by atoms with van der Waals surface area (Å²) in [6.07, 6.45) is 3.58. The molecule has 0 saturated heterocycles. The molecule has 0 saturated carbocycles. The van der Waals surface area contributed by atoms with Crippen LogP contribution in [0.4, 0.5) is 0 Å². The van der Waals surface area contributed by atoms with Crippen molar-refractivity contribution in [2.45, 2.75) is 32.6 Å². The van der Waals surface area contributed by atoms with E-state index in [1.807, 2.05) is 0 Å². The van der Waals surface area contributed by atoms with Gasteiger partial charge in [0.15, 0.2) is 0 Å². The van der Waals surface area contributed by atoms with Crippen LogP contribution in [0.25, 0.3) is 0 Å². The second-order valence-corrected chi connectivity index (χ2v) is 4.61. The summed E-state index contributed by atoms with van der Waals surface area (Å²) in [6.45, 7) is 2.61. The number of rotatable bonds is 8. The molecule has 4 nitrogen and oxygen atoms in total. The Balaban J connectivity index is 2.42. The zero-order valence-electron chi connectivity index (χ0n) is 11.3. The van der Waals surface area contributed by atoms with Crippen molar-refractivity contribution in [2.75, 3.05) is 13.2 Å².